The molecule has 0 heterocycles. The van der Waals surface area contributed by atoms with Crippen LogP contribution < -0.4 is 0 Å². The highest BCUT2D eigenvalue weighted by atomic mass is 127. The van der Waals surface area contributed by atoms with Crippen molar-refractivity contribution < 1.29 is 23.7 Å². The van der Waals surface area contributed by atoms with Crippen molar-refractivity contribution in [3.05, 3.63) is 23.3 Å². The minimum absolute atomic E-state index is 0.0167. The summed E-state index contributed by atoms with van der Waals surface area (Å²) >= 11 is 1.78. The van der Waals surface area contributed by atoms with E-state index in [1.54, 1.807) is 28.7 Å². The van der Waals surface area contributed by atoms with Gasteiger partial charge in [0, 0.05) is 9.99 Å². The third kappa shape index (κ3) is 3.17. The van der Waals surface area contributed by atoms with Gasteiger partial charge in [-0.25, -0.2) is 8.42 Å². The Morgan fingerprint density at radius 3 is 2.37 bits per heavy atom. The summed E-state index contributed by atoms with van der Waals surface area (Å²) < 4.78 is 24.5. The smallest absolute Gasteiger partial charge is 0.199 e. The highest BCUT2D eigenvalue weighted by molar-refractivity contribution is 14.1. The Morgan fingerprint density at radius 1 is 1.42 bits per heavy atom. The summed E-state index contributed by atoms with van der Waals surface area (Å²) in [6, 6.07) is 3.89. The van der Waals surface area contributed by atoms with Gasteiger partial charge < -0.3 is 15.3 Å². The molecule has 0 saturated heterocycles. The topological polar surface area (TPSA) is 119 Å². The Morgan fingerprint density at radius 2 is 2.00 bits per heavy atom. The van der Waals surface area contributed by atoms with Crippen LogP contribution in [0.2, 0.25) is 0 Å². The maximum absolute atomic E-state index is 12.2. The van der Waals surface area contributed by atoms with Gasteiger partial charge in [0.05, 0.1) is 6.07 Å². The van der Waals surface area contributed by atoms with Gasteiger partial charge in [0.2, 0.25) is 0 Å². The lowest BCUT2D eigenvalue weighted by atomic mass is 10.1. The normalized spacial score (nSPS) is 13.3. The molecule has 1 unspecified atom stereocenters. The van der Waals surface area contributed by atoms with Crippen LogP contribution in [-0.4, -0.2) is 33.4 Å². The Bertz CT molecular complexity index is 597. The number of aromatic hydroxyl groups is 1. The highest BCUT2D eigenvalue weighted by Gasteiger charge is 2.31. The van der Waals surface area contributed by atoms with Gasteiger partial charge in [-0.05, 0) is 24.6 Å². The minimum Gasteiger partial charge on any atom is -0.507 e. The quantitative estimate of drug-likeness (QED) is 0.393. The van der Waals surface area contributed by atoms with Crippen LogP contribution in [0, 0.1) is 18.3 Å². The predicted molar refractivity (Wildman–Crippen MR) is 75.5 cm³/mol. The van der Waals surface area contributed by atoms with E-state index < -0.39 is 27.1 Å². The second-order valence-corrected chi connectivity index (χ2v) is 6.82. The number of halogens is 1. The molecule has 0 aliphatic heterocycles. The Labute approximate surface area is 124 Å². The number of rotatable bonds is 4. The van der Waals surface area contributed by atoms with Crippen LogP contribution >= 0.6 is 22.6 Å². The van der Waals surface area contributed by atoms with Gasteiger partial charge in [-0.15, -0.1) is 0 Å². The second-order valence-electron chi connectivity index (χ2n) is 3.88. The van der Waals surface area contributed by atoms with Crippen molar-refractivity contribution in [3.8, 4) is 11.8 Å². The van der Waals surface area contributed by atoms with Crippen molar-refractivity contribution in [2.24, 2.45) is 0 Å². The molecule has 3 N–H and O–H groups in total. The third-order valence-corrected chi connectivity index (χ3v) is 6.12. The molecule has 0 amide bonds. The molecule has 0 radical (unpaired) electrons. The van der Waals surface area contributed by atoms with E-state index in [-0.39, 0.29) is 20.4 Å². The zero-order valence-corrected chi connectivity index (χ0v) is 12.9. The zero-order chi connectivity index (χ0) is 14.8. The summed E-state index contributed by atoms with van der Waals surface area (Å²) in [7, 11) is -3.99. The van der Waals surface area contributed by atoms with Crippen molar-refractivity contribution in [2.45, 2.75) is 23.4 Å². The van der Waals surface area contributed by atoms with E-state index in [0.29, 0.717) is 0 Å². The van der Waals surface area contributed by atoms with E-state index in [1.807, 2.05) is 0 Å². The van der Waals surface area contributed by atoms with Crippen LogP contribution in [0.15, 0.2) is 17.0 Å². The molecule has 6 nitrogen and oxygen atoms in total. The minimum atomic E-state index is -3.99. The standard InChI is InChI=1S/C11H12INO5S/c1-6-2-7(11(15)16)3-9(14)10(6)19(17,18)8(4-12)5-13/h2-3,8,11,14-16H,4H2,1H3. The number of aliphatic hydroxyl groups excluding tert-OH is 1. The molecule has 8 heteroatoms. The average molecular weight is 397 g/mol. The molecule has 0 saturated carbocycles. The van der Waals surface area contributed by atoms with E-state index in [9.17, 15) is 13.5 Å². The number of sulfone groups is 1. The van der Waals surface area contributed by atoms with Crippen LogP contribution in [0.4, 0.5) is 0 Å². The fourth-order valence-corrected chi connectivity index (χ4v) is 4.70. The molecule has 0 aromatic heterocycles. The molecule has 1 aromatic rings. The molecule has 19 heavy (non-hydrogen) atoms. The van der Waals surface area contributed by atoms with Crippen molar-refractivity contribution in [1.82, 2.24) is 0 Å². The first-order valence-corrected chi connectivity index (χ1v) is 8.22. The van der Waals surface area contributed by atoms with Crippen LogP contribution in [0.3, 0.4) is 0 Å². The highest BCUT2D eigenvalue weighted by Crippen LogP contribution is 2.32. The fraction of sp³-hybridized carbons (Fsp3) is 0.364. The third-order valence-electron chi connectivity index (χ3n) is 2.52. The summed E-state index contributed by atoms with van der Waals surface area (Å²) in [6.07, 6.45) is -1.81. The number of nitriles is 1. The van der Waals surface area contributed by atoms with E-state index in [0.717, 1.165) is 6.07 Å². The number of benzene rings is 1. The average Bonchev–Trinajstić information content (AvgIpc) is 2.28. The molecule has 0 aliphatic carbocycles. The molecule has 1 rings (SSSR count). The molecule has 104 valence electrons. The van der Waals surface area contributed by atoms with Gasteiger partial charge in [0.25, 0.3) is 0 Å². The van der Waals surface area contributed by atoms with E-state index >= 15 is 0 Å². The lowest BCUT2D eigenvalue weighted by Crippen LogP contribution is -2.22. The van der Waals surface area contributed by atoms with Crippen LogP contribution in [0.25, 0.3) is 0 Å². The number of hydrogen-bond donors (Lipinski definition) is 3. The Kier molecular flexibility index (Phi) is 5.14. The van der Waals surface area contributed by atoms with Gasteiger partial charge in [-0.3, -0.25) is 0 Å². The maximum atomic E-state index is 12.2. The van der Waals surface area contributed by atoms with Crippen molar-refractivity contribution in [1.29, 1.82) is 5.26 Å². The molecule has 0 aliphatic rings. The number of aryl methyl sites for hydroxylation is 1. The number of phenols is 1. The SMILES string of the molecule is Cc1cc(C(O)O)cc(O)c1S(=O)(=O)C(C#N)CI. The maximum Gasteiger partial charge on any atom is 0.199 e. The number of nitrogens with zero attached hydrogens (tertiary/aromatic N) is 1. The molecular weight excluding hydrogens is 385 g/mol. The predicted octanol–water partition coefficient (Wildman–Crippen LogP) is 0.785. The second kappa shape index (κ2) is 6.04. The van der Waals surface area contributed by atoms with E-state index in [2.05, 4.69) is 0 Å². The fourth-order valence-electron chi connectivity index (χ4n) is 1.63. The van der Waals surface area contributed by atoms with Crippen LogP contribution in [-0.2, 0) is 9.84 Å². The van der Waals surface area contributed by atoms with Gasteiger partial charge in [0.1, 0.15) is 10.6 Å². The zero-order valence-electron chi connectivity index (χ0n) is 9.91. The van der Waals surface area contributed by atoms with Crippen LogP contribution in [0.1, 0.15) is 17.4 Å². The first-order valence-electron chi connectivity index (χ1n) is 5.14. The largest absolute Gasteiger partial charge is 0.507 e. The number of alkyl halides is 1. The van der Waals surface area contributed by atoms with Gasteiger partial charge >= 0.3 is 0 Å². The van der Waals surface area contributed by atoms with Crippen molar-refractivity contribution in [2.75, 3.05) is 4.43 Å². The van der Waals surface area contributed by atoms with Gasteiger partial charge in [0.15, 0.2) is 21.4 Å². The van der Waals surface area contributed by atoms with Crippen molar-refractivity contribution in [3.63, 3.8) is 0 Å². The number of hydrogen-bond acceptors (Lipinski definition) is 6. The molecule has 1 aromatic carbocycles. The van der Waals surface area contributed by atoms with Gasteiger partial charge in [-0.2, -0.15) is 5.26 Å². The lowest BCUT2D eigenvalue weighted by molar-refractivity contribution is -0.0427. The van der Waals surface area contributed by atoms with E-state index in [1.165, 1.54) is 13.0 Å². The summed E-state index contributed by atoms with van der Waals surface area (Å²) in [5, 5.41) is 35.4. The summed E-state index contributed by atoms with van der Waals surface area (Å²) in [6.45, 7) is 1.42. The molecular formula is C11H12INO5S. The molecule has 0 spiro atoms. The number of aliphatic hydroxyl groups is 2. The molecule has 1 atom stereocenters. The Balaban J connectivity index is 3.50. The summed E-state index contributed by atoms with van der Waals surface area (Å²) in [5.74, 6) is -0.590. The lowest BCUT2D eigenvalue weighted by Gasteiger charge is -2.14. The first-order chi connectivity index (χ1) is 8.75. The van der Waals surface area contributed by atoms with Crippen molar-refractivity contribution >= 4 is 32.4 Å². The van der Waals surface area contributed by atoms with Gasteiger partial charge in [-0.1, -0.05) is 22.6 Å². The molecule has 0 bridgehead atoms. The molecule has 0 fully saturated rings. The summed E-state index contributed by atoms with van der Waals surface area (Å²) in [5.41, 5.74) is 0.144. The Hall–Kier alpha value is -0.890. The monoisotopic (exact) mass is 397 g/mol. The van der Waals surface area contributed by atoms with E-state index in [4.69, 9.17) is 15.5 Å². The van der Waals surface area contributed by atoms with Crippen LogP contribution in [0.5, 0.6) is 5.75 Å². The number of phenolic OH excluding ortho intramolecular Hbond substituents is 1. The summed E-state index contributed by atoms with van der Waals surface area (Å²) in [4.78, 5) is -0.347. The first kappa shape index (κ1) is 16.2.